The first-order valence-corrected chi connectivity index (χ1v) is 12.2. The van der Waals surface area contributed by atoms with Gasteiger partial charge in [0.1, 0.15) is 5.75 Å². The highest BCUT2D eigenvalue weighted by Crippen LogP contribution is 2.32. The van der Waals surface area contributed by atoms with Gasteiger partial charge in [-0.15, -0.1) is 0 Å². The minimum atomic E-state index is -0.123. The molecule has 37 heavy (non-hydrogen) atoms. The predicted octanol–water partition coefficient (Wildman–Crippen LogP) is 4.67. The zero-order valence-corrected chi connectivity index (χ0v) is 21.0. The van der Waals surface area contributed by atoms with Crippen molar-refractivity contribution in [1.29, 1.82) is 0 Å². The number of fused-ring (bicyclic) bond motifs is 1. The molecule has 0 unspecified atom stereocenters. The molecule has 5 aromatic rings. The number of rotatable bonds is 9. The number of nitrogens with zero attached hydrogens (tertiary/aromatic N) is 4. The Hall–Kier alpha value is -4.36. The first-order valence-electron chi connectivity index (χ1n) is 12.2. The Morgan fingerprint density at radius 3 is 2.54 bits per heavy atom. The summed E-state index contributed by atoms with van der Waals surface area (Å²) in [6, 6.07) is 22.3. The van der Waals surface area contributed by atoms with Crippen LogP contribution < -0.4 is 4.74 Å². The summed E-state index contributed by atoms with van der Waals surface area (Å²) in [6.07, 6.45) is 7.63. The minimum Gasteiger partial charge on any atom is -0.497 e. The second-order valence-corrected chi connectivity index (χ2v) is 9.10. The maximum atomic E-state index is 13.4. The second kappa shape index (κ2) is 10.7. The molecule has 2 heterocycles. The molecular weight excluding hydrogens is 464 g/mol. The molecule has 188 valence electrons. The fourth-order valence-electron chi connectivity index (χ4n) is 4.64. The molecule has 7 nitrogen and oxygen atoms in total. The molecule has 0 fully saturated rings. The number of amides is 1. The zero-order valence-electron chi connectivity index (χ0n) is 21.0. The van der Waals surface area contributed by atoms with E-state index >= 15 is 0 Å². The number of imidazole rings is 1. The highest BCUT2D eigenvalue weighted by Gasteiger charge is 2.21. The Morgan fingerprint density at radius 1 is 0.973 bits per heavy atom. The molecule has 0 bridgehead atoms. The van der Waals surface area contributed by atoms with Crippen molar-refractivity contribution in [2.45, 2.75) is 13.1 Å². The molecule has 0 spiro atoms. The molecule has 0 aliphatic rings. The van der Waals surface area contributed by atoms with Gasteiger partial charge in [0.2, 0.25) is 0 Å². The number of methoxy groups -OCH3 is 1. The highest BCUT2D eigenvalue weighted by molar-refractivity contribution is 6.05. The lowest BCUT2D eigenvalue weighted by Gasteiger charge is -2.16. The molecule has 0 saturated heterocycles. The van der Waals surface area contributed by atoms with Crippen LogP contribution in [0.4, 0.5) is 0 Å². The van der Waals surface area contributed by atoms with Crippen molar-refractivity contribution in [3.63, 3.8) is 0 Å². The van der Waals surface area contributed by atoms with Gasteiger partial charge in [-0.3, -0.25) is 4.79 Å². The molecule has 0 atom stereocenters. The van der Waals surface area contributed by atoms with Crippen molar-refractivity contribution in [2.24, 2.45) is 0 Å². The minimum absolute atomic E-state index is 0.0862. The summed E-state index contributed by atoms with van der Waals surface area (Å²) in [5.41, 5.74) is 4.65. The van der Waals surface area contributed by atoms with Gasteiger partial charge >= 0.3 is 0 Å². The number of aliphatic hydroxyl groups excluding tert-OH is 1. The molecular formula is C30H30N4O3. The van der Waals surface area contributed by atoms with Crippen molar-refractivity contribution < 1.29 is 14.6 Å². The smallest absolute Gasteiger partial charge is 0.255 e. The van der Waals surface area contributed by atoms with Crippen LogP contribution in [0.1, 0.15) is 21.6 Å². The molecule has 2 aromatic heterocycles. The average molecular weight is 495 g/mol. The summed E-state index contributed by atoms with van der Waals surface area (Å²) >= 11 is 0. The lowest BCUT2D eigenvalue weighted by molar-refractivity contribution is 0.0767. The van der Waals surface area contributed by atoms with Crippen LogP contribution in [0.3, 0.4) is 0 Å². The van der Waals surface area contributed by atoms with E-state index in [0.717, 1.165) is 38.9 Å². The van der Waals surface area contributed by atoms with Gasteiger partial charge in [-0.2, -0.15) is 0 Å². The van der Waals surface area contributed by atoms with E-state index in [9.17, 15) is 9.90 Å². The highest BCUT2D eigenvalue weighted by atomic mass is 16.5. The molecule has 3 aromatic carbocycles. The number of hydrogen-bond donors (Lipinski definition) is 1. The summed E-state index contributed by atoms with van der Waals surface area (Å²) in [4.78, 5) is 19.4. The third-order valence-corrected chi connectivity index (χ3v) is 6.63. The van der Waals surface area contributed by atoms with Crippen molar-refractivity contribution in [3.8, 4) is 16.9 Å². The second-order valence-electron chi connectivity index (χ2n) is 9.10. The third kappa shape index (κ3) is 5.13. The van der Waals surface area contributed by atoms with Crippen LogP contribution in [0.15, 0.2) is 91.6 Å². The largest absolute Gasteiger partial charge is 0.497 e. The van der Waals surface area contributed by atoms with Crippen LogP contribution in [-0.4, -0.2) is 57.3 Å². The van der Waals surface area contributed by atoms with Crippen LogP contribution in [0.2, 0.25) is 0 Å². The van der Waals surface area contributed by atoms with E-state index in [4.69, 9.17) is 4.74 Å². The van der Waals surface area contributed by atoms with Crippen molar-refractivity contribution >= 4 is 16.7 Å². The number of carbonyl (C=O) groups is 1. The number of ether oxygens (including phenoxy) is 1. The summed E-state index contributed by atoms with van der Waals surface area (Å²) in [6.45, 7) is 1.43. The van der Waals surface area contributed by atoms with E-state index in [-0.39, 0.29) is 19.1 Å². The van der Waals surface area contributed by atoms with Gasteiger partial charge in [0.15, 0.2) is 0 Å². The van der Waals surface area contributed by atoms with E-state index in [1.54, 1.807) is 19.1 Å². The van der Waals surface area contributed by atoms with Crippen LogP contribution in [0.5, 0.6) is 5.75 Å². The predicted molar refractivity (Wildman–Crippen MR) is 145 cm³/mol. The molecule has 0 radical (unpaired) electrons. The first kappa shape index (κ1) is 24.3. The standard InChI is InChI=1S/C30H30N4O3/c1-32(14-15-35)30(36)29-20-33(19-28(29)27-9-5-7-23-6-3-4-8-26(23)27)18-24-16-31-21-34(24)17-22-10-12-25(37-2)13-11-22/h3-13,16,19-21,35H,14-15,17-18H2,1-2H3. The quantitative estimate of drug-likeness (QED) is 0.323. The lowest BCUT2D eigenvalue weighted by Crippen LogP contribution is -2.29. The van der Waals surface area contributed by atoms with E-state index < -0.39 is 0 Å². The van der Waals surface area contributed by atoms with E-state index in [2.05, 4.69) is 33.8 Å². The Labute approximate surface area is 216 Å². The number of carbonyl (C=O) groups excluding carboxylic acids is 1. The number of hydrogen-bond acceptors (Lipinski definition) is 4. The van der Waals surface area contributed by atoms with Crippen LogP contribution in [0.25, 0.3) is 21.9 Å². The van der Waals surface area contributed by atoms with Gasteiger partial charge in [-0.25, -0.2) is 4.98 Å². The summed E-state index contributed by atoms with van der Waals surface area (Å²) in [7, 11) is 3.37. The summed E-state index contributed by atoms with van der Waals surface area (Å²) < 4.78 is 9.42. The molecule has 0 aliphatic heterocycles. The molecule has 1 amide bonds. The van der Waals surface area contributed by atoms with Gasteiger partial charge in [0, 0.05) is 44.3 Å². The van der Waals surface area contributed by atoms with Crippen LogP contribution >= 0.6 is 0 Å². The Bertz CT molecular complexity index is 1510. The van der Waals surface area contributed by atoms with Gasteiger partial charge < -0.3 is 23.9 Å². The van der Waals surface area contributed by atoms with E-state index in [1.165, 1.54) is 0 Å². The van der Waals surface area contributed by atoms with Crippen molar-refractivity contribution in [3.05, 3.63) is 108 Å². The van der Waals surface area contributed by atoms with Gasteiger partial charge in [0.25, 0.3) is 5.91 Å². The summed E-state index contributed by atoms with van der Waals surface area (Å²) in [5, 5.41) is 11.6. The molecule has 1 N–H and O–H groups in total. The van der Waals surface area contributed by atoms with Crippen molar-refractivity contribution in [2.75, 3.05) is 27.3 Å². The molecule has 0 saturated carbocycles. The van der Waals surface area contributed by atoms with Gasteiger partial charge in [-0.1, -0.05) is 54.6 Å². The first-order chi connectivity index (χ1) is 18.1. The van der Waals surface area contributed by atoms with Gasteiger partial charge in [-0.05, 0) is 34.0 Å². The monoisotopic (exact) mass is 494 g/mol. The number of aromatic nitrogens is 3. The Kier molecular flexibility index (Phi) is 7.05. The van der Waals surface area contributed by atoms with Crippen LogP contribution in [-0.2, 0) is 13.1 Å². The fourth-order valence-corrected chi connectivity index (χ4v) is 4.64. The number of aliphatic hydroxyl groups is 1. The van der Waals surface area contributed by atoms with E-state index in [1.807, 2.05) is 71.9 Å². The Balaban J connectivity index is 1.50. The zero-order chi connectivity index (χ0) is 25.8. The maximum absolute atomic E-state index is 13.4. The molecule has 0 aliphatic carbocycles. The van der Waals surface area contributed by atoms with E-state index in [0.29, 0.717) is 18.7 Å². The topological polar surface area (TPSA) is 72.5 Å². The SMILES string of the molecule is COc1ccc(Cn2cncc2Cn2cc(C(=O)N(C)CCO)c(-c3cccc4ccccc34)c2)cc1. The fraction of sp³-hybridized carbons (Fsp3) is 0.200. The number of likely N-dealkylation sites (N-methyl/N-ethyl adjacent to an activating group) is 1. The normalized spacial score (nSPS) is 11.1. The van der Waals surface area contributed by atoms with Crippen molar-refractivity contribution in [1.82, 2.24) is 19.0 Å². The summed E-state index contributed by atoms with van der Waals surface area (Å²) in [5.74, 6) is 0.703. The third-order valence-electron chi connectivity index (χ3n) is 6.63. The van der Waals surface area contributed by atoms with Gasteiger partial charge in [0.05, 0.1) is 37.8 Å². The average Bonchev–Trinajstić information content (AvgIpc) is 3.55. The van der Waals surface area contributed by atoms with Crippen LogP contribution in [0, 0.1) is 0 Å². The molecule has 7 heteroatoms. The Morgan fingerprint density at radius 2 is 1.76 bits per heavy atom. The molecule has 5 rings (SSSR count). The number of benzene rings is 3. The lowest BCUT2D eigenvalue weighted by atomic mass is 9.97. The maximum Gasteiger partial charge on any atom is 0.255 e.